The summed E-state index contributed by atoms with van der Waals surface area (Å²) >= 11 is 0. The molecule has 0 aliphatic heterocycles. The van der Waals surface area contributed by atoms with Crippen molar-refractivity contribution in [3.05, 3.63) is 34.4 Å². The number of halogens is 3. The van der Waals surface area contributed by atoms with Gasteiger partial charge in [-0.25, -0.2) is 4.79 Å². The number of carbonyl (C=O) groups is 1. The van der Waals surface area contributed by atoms with Crippen molar-refractivity contribution in [3.63, 3.8) is 0 Å². The lowest BCUT2D eigenvalue weighted by Crippen LogP contribution is -2.12. The predicted octanol–water partition coefficient (Wildman–Crippen LogP) is 2.67. The number of ether oxygens (including phenoxy) is 1. The fraction of sp³-hybridized carbons (Fsp3) is 0.273. The lowest BCUT2D eigenvalue weighted by atomic mass is 9.99. The molecule has 0 heterocycles. The minimum Gasteiger partial charge on any atom is -0.465 e. The van der Waals surface area contributed by atoms with Crippen LogP contribution in [0.25, 0.3) is 0 Å². The van der Waals surface area contributed by atoms with Crippen molar-refractivity contribution < 1.29 is 22.7 Å². The third-order valence-electron chi connectivity index (χ3n) is 2.20. The van der Waals surface area contributed by atoms with E-state index < -0.39 is 17.7 Å². The number of esters is 1. The molecule has 1 aromatic carbocycles. The molecule has 17 heavy (non-hydrogen) atoms. The van der Waals surface area contributed by atoms with Gasteiger partial charge in [0, 0.05) is 0 Å². The third-order valence-corrected chi connectivity index (χ3v) is 2.20. The van der Waals surface area contributed by atoms with Crippen molar-refractivity contribution in [3.8, 4) is 6.07 Å². The van der Waals surface area contributed by atoms with Gasteiger partial charge in [0.05, 0.1) is 23.8 Å². The fourth-order valence-corrected chi connectivity index (χ4v) is 1.38. The van der Waals surface area contributed by atoms with Gasteiger partial charge in [-0.3, -0.25) is 0 Å². The highest BCUT2D eigenvalue weighted by molar-refractivity contribution is 5.92. The molecule has 0 aliphatic carbocycles. The number of carbonyl (C=O) groups excluding carboxylic acids is 1. The van der Waals surface area contributed by atoms with Gasteiger partial charge in [0.15, 0.2) is 0 Å². The predicted molar refractivity (Wildman–Crippen MR) is 52.2 cm³/mol. The molecule has 0 bridgehead atoms. The summed E-state index contributed by atoms with van der Waals surface area (Å²) in [7, 11) is 1.09. The molecular formula is C11H8F3NO2. The Kier molecular flexibility index (Phi) is 3.42. The zero-order valence-corrected chi connectivity index (χ0v) is 9.05. The molecule has 0 N–H and O–H groups in total. The van der Waals surface area contributed by atoms with Gasteiger partial charge in [0.1, 0.15) is 6.07 Å². The van der Waals surface area contributed by atoms with Gasteiger partial charge in [-0.1, -0.05) is 0 Å². The zero-order chi connectivity index (χ0) is 13.2. The van der Waals surface area contributed by atoms with Crippen molar-refractivity contribution >= 4 is 5.97 Å². The molecule has 6 heteroatoms. The highest BCUT2D eigenvalue weighted by atomic mass is 19.4. The molecule has 0 spiro atoms. The fourth-order valence-electron chi connectivity index (χ4n) is 1.38. The van der Waals surface area contributed by atoms with Crippen LogP contribution in [0.5, 0.6) is 0 Å². The Morgan fingerprint density at radius 2 is 2.00 bits per heavy atom. The first-order valence-electron chi connectivity index (χ1n) is 4.51. The SMILES string of the molecule is COC(=O)c1cc(C)c(C(F)(F)F)cc1C#N. The zero-order valence-electron chi connectivity index (χ0n) is 9.05. The van der Waals surface area contributed by atoms with E-state index in [1.54, 1.807) is 6.07 Å². The molecule has 1 rings (SSSR count). The molecule has 90 valence electrons. The first-order valence-corrected chi connectivity index (χ1v) is 4.51. The summed E-state index contributed by atoms with van der Waals surface area (Å²) in [6.07, 6.45) is -4.55. The quantitative estimate of drug-likeness (QED) is 0.712. The van der Waals surface area contributed by atoms with E-state index in [9.17, 15) is 18.0 Å². The molecule has 0 saturated carbocycles. The van der Waals surface area contributed by atoms with E-state index in [4.69, 9.17) is 5.26 Å². The number of methoxy groups -OCH3 is 1. The van der Waals surface area contributed by atoms with Crippen LogP contribution in [0.15, 0.2) is 12.1 Å². The summed E-state index contributed by atoms with van der Waals surface area (Å²) in [6, 6.07) is 3.21. The van der Waals surface area contributed by atoms with Gasteiger partial charge < -0.3 is 4.74 Å². The average molecular weight is 243 g/mol. The summed E-state index contributed by atoms with van der Waals surface area (Å²) in [4.78, 5) is 11.3. The minimum absolute atomic E-state index is 0.128. The van der Waals surface area contributed by atoms with Gasteiger partial charge >= 0.3 is 12.1 Å². The molecule has 0 radical (unpaired) electrons. The van der Waals surface area contributed by atoms with E-state index in [0.29, 0.717) is 6.07 Å². The monoisotopic (exact) mass is 243 g/mol. The van der Waals surface area contributed by atoms with Crippen molar-refractivity contribution in [2.24, 2.45) is 0 Å². The molecule has 3 nitrogen and oxygen atoms in total. The Bertz CT molecular complexity index is 501. The Morgan fingerprint density at radius 1 is 1.41 bits per heavy atom. The standard InChI is InChI=1S/C11H8F3NO2/c1-6-3-8(10(16)17-2)7(5-15)4-9(6)11(12,13)14/h3-4H,1-2H3. The number of nitrogens with zero attached hydrogens (tertiary/aromatic N) is 1. The van der Waals surface area contributed by atoms with E-state index in [-0.39, 0.29) is 16.7 Å². The highest BCUT2D eigenvalue weighted by Gasteiger charge is 2.33. The van der Waals surface area contributed by atoms with E-state index in [2.05, 4.69) is 4.74 Å². The Hall–Kier alpha value is -2.03. The van der Waals surface area contributed by atoms with E-state index in [1.807, 2.05) is 0 Å². The lowest BCUT2D eigenvalue weighted by Gasteiger charge is -2.12. The normalized spacial score (nSPS) is 10.8. The maximum Gasteiger partial charge on any atom is 0.416 e. The molecule has 0 amide bonds. The van der Waals surface area contributed by atoms with Crippen molar-refractivity contribution in [1.82, 2.24) is 0 Å². The summed E-state index contributed by atoms with van der Waals surface area (Å²) in [6.45, 7) is 1.22. The highest BCUT2D eigenvalue weighted by Crippen LogP contribution is 2.33. The number of aryl methyl sites for hydroxylation is 1. The van der Waals surface area contributed by atoms with Crippen LogP contribution in [0, 0.1) is 18.3 Å². The summed E-state index contributed by atoms with van der Waals surface area (Å²) < 4.78 is 42.1. The van der Waals surface area contributed by atoms with Gasteiger partial charge in [-0.2, -0.15) is 18.4 Å². The minimum atomic E-state index is -4.55. The maximum absolute atomic E-state index is 12.6. The van der Waals surface area contributed by atoms with Crippen molar-refractivity contribution in [1.29, 1.82) is 5.26 Å². The molecule has 0 unspecified atom stereocenters. The van der Waals surface area contributed by atoms with Crippen LogP contribution in [-0.2, 0) is 10.9 Å². The molecular weight excluding hydrogens is 235 g/mol. The van der Waals surface area contributed by atoms with Crippen molar-refractivity contribution in [2.75, 3.05) is 7.11 Å². The second-order valence-electron chi connectivity index (χ2n) is 3.31. The second kappa shape index (κ2) is 4.45. The molecule has 0 aliphatic rings. The number of rotatable bonds is 1. The van der Waals surface area contributed by atoms with Gasteiger partial charge in [-0.05, 0) is 24.6 Å². The number of hydrogen-bond acceptors (Lipinski definition) is 3. The molecule has 0 saturated heterocycles. The maximum atomic E-state index is 12.6. The van der Waals surface area contributed by atoms with Crippen LogP contribution >= 0.6 is 0 Å². The molecule has 0 fully saturated rings. The van der Waals surface area contributed by atoms with E-state index >= 15 is 0 Å². The Balaban J connectivity index is 3.47. The number of nitriles is 1. The van der Waals surface area contributed by atoms with Crippen LogP contribution in [0.1, 0.15) is 27.0 Å². The number of hydrogen-bond donors (Lipinski definition) is 0. The van der Waals surface area contributed by atoms with Crippen molar-refractivity contribution in [2.45, 2.75) is 13.1 Å². The van der Waals surface area contributed by atoms with Gasteiger partial charge in [0.2, 0.25) is 0 Å². The second-order valence-corrected chi connectivity index (χ2v) is 3.31. The topological polar surface area (TPSA) is 50.1 Å². The number of benzene rings is 1. The van der Waals surface area contributed by atoms with Crippen LogP contribution in [0.4, 0.5) is 13.2 Å². The first kappa shape index (κ1) is 13.0. The largest absolute Gasteiger partial charge is 0.465 e. The summed E-state index contributed by atoms with van der Waals surface area (Å²) in [5.41, 5.74) is -1.58. The van der Waals surface area contributed by atoms with Crippen LogP contribution < -0.4 is 0 Å². The van der Waals surface area contributed by atoms with Crippen LogP contribution in [-0.4, -0.2) is 13.1 Å². The van der Waals surface area contributed by atoms with Crippen LogP contribution in [0.3, 0.4) is 0 Å². The average Bonchev–Trinajstić information content (AvgIpc) is 2.26. The van der Waals surface area contributed by atoms with E-state index in [0.717, 1.165) is 13.2 Å². The first-order chi connectivity index (χ1) is 7.81. The summed E-state index contributed by atoms with van der Waals surface area (Å²) in [5, 5.41) is 8.72. The Morgan fingerprint density at radius 3 is 2.41 bits per heavy atom. The van der Waals surface area contributed by atoms with Gasteiger partial charge in [-0.15, -0.1) is 0 Å². The summed E-state index contributed by atoms with van der Waals surface area (Å²) in [5.74, 6) is -0.835. The third kappa shape index (κ3) is 2.56. The lowest BCUT2D eigenvalue weighted by molar-refractivity contribution is -0.138. The van der Waals surface area contributed by atoms with E-state index in [1.165, 1.54) is 6.92 Å². The van der Waals surface area contributed by atoms with Crippen LogP contribution in [0.2, 0.25) is 0 Å². The molecule has 0 atom stereocenters. The van der Waals surface area contributed by atoms with Gasteiger partial charge in [0.25, 0.3) is 0 Å². The molecule has 0 aromatic heterocycles. The number of alkyl halides is 3. The molecule has 1 aromatic rings. The Labute approximate surface area is 95.4 Å². The smallest absolute Gasteiger partial charge is 0.416 e.